The lowest BCUT2D eigenvalue weighted by Crippen LogP contribution is -2.36. The van der Waals surface area contributed by atoms with Gasteiger partial charge in [-0.3, -0.25) is 4.68 Å². The average molecular weight is 455 g/mol. The molecule has 1 aliphatic heterocycles. The molecular formula is C15H18IN7S. The highest BCUT2D eigenvalue weighted by Crippen LogP contribution is 2.17. The zero-order chi connectivity index (χ0) is 16.9. The summed E-state index contributed by atoms with van der Waals surface area (Å²) in [6.07, 6.45) is 5.24. The van der Waals surface area contributed by atoms with Gasteiger partial charge in [0.2, 0.25) is 0 Å². The summed E-state index contributed by atoms with van der Waals surface area (Å²) >= 11 is 6.76. The number of nitrogens with zero attached hydrogens (tertiary/aromatic N) is 3. The molecule has 0 aliphatic carbocycles. The van der Waals surface area contributed by atoms with E-state index in [1.165, 1.54) is 0 Å². The number of rotatable bonds is 5. The van der Waals surface area contributed by atoms with Crippen LogP contribution in [0.15, 0.2) is 52.8 Å². The quantitative estimate of drug-likeness (QED) is 0.207. The molecule has 1 unspecified atom stereocenters. The Morgan fingerprint density at radius 3 is 3.04 bits per heavy atom. The number of halogens is 1. The van der Waals surface area contributed by atoms with Gasteiger partial charge in [-0.25, -0.2) is 4.99 Å². The van der Waals surface area contributed by atoms with E-state index in [9.17, 15) is 0 Å². The monoisotopic (exact) mass is 455 g/mol. The third-order valence-corrected chi connectivity index (χ3v) is 4.10. The summed E-state index contributed by atoms with van der Waals surface area (Å²) in [6, 6.07) is 7.50. The topological polar surface area (TPSA) is 92.3 Å². The van der Waals surface area contributed by atoms with E-state index in [0.29, 0.717) is 11.5 Å². The van der Waals surface area contributed by atoms with Crippen LogP contribution in [0.25, 0.3) is 0 Å². The van der Waals surface area contributed by atoms with E-state index in [0.717, 1.165) is 27.3 Å². The molecule has 0 radical (unpaired) electrons. The standard InChI is InChI=1S/C15H18IN7S/c16-4-5-23-9-12(7-19-23)21-15-18-8-13(24)14(22-15)20-11-3-1-2-10(17)6-11/h1-3,6-9,15,18,21,24H,4-5,17H2,(H,20,22). The predicted octanol–water partition coefficient (Wildman–Crippen LogP) is 2.48. The number of benzene rings is 1. The van der Waals surface area contributed by atoms with Crippen LogP contribution < -0.4 is 21.7 Å². The second kappa shape index (κ2) is 7.79. The van der Waals surface area contributed by atoms with Crippen LogP contribution in [0.1, 0.15) is 0 Å². The number of aliphatic imine (C=N–C) groups is 1. The van der Waals surface area contributed by atoms with Crippen molar-refractivity contribution in [2.75, 3.05) is 20.8 Å². The molecule has 1 aromatic heterocycles. The highest BCUT2D eigenvalue weighted by atomic mass is 127. The highest BCUT2D eigenvalue weighted by Gasteiger charge is 2.15. The number of nitrogens with two attached hydrogens (primary N) is 1. The van der Waals surface area contributed by atoms with E-state index >= 15 is 0 Å². The van der Waals surface area contributed by atoms with Crippen LogP contribution >= 0.6 is 35.2 Å². The van der Waals surface area contributed by atoms with Crippen LogP contribution in [0.2, 0.25) is 0 Å². The molecule has 1 atom stereocenters. The molecule has 0 amide bonds. The molecule has 0 saturated carbocycles. The first-order chi connectivity index (χ1) is 11.6. The summed E-state index contributed by atoms with van der Waals surface area (Å²) in [5, 5.41) is 14.0. The molecule has 126 valence electrons. The van der Waals surface area contributed by atoms with Crippen LogP contribution in [0.3, 0.4) is 0 Å². The molecule has 9 heteroatoms. The zero-order valence-electron chi connectivity index (χ0n) is 12.8. The molecule has 2 heterocycles. The third kappa shape index (κ3) is 4.35. The van der Waals surface area contributed by atoms with Crippen molar-refractivity contribution in [3.05, 3.63) is 47.8 Å². The number of nitrogens with one attached hydrogen (secondary N) is 3. The zero-order valence-corrected chi connectivity index (χ0v) is 15.8. The number of thiol groups is 1. The molecule has 0 bridgehead atoms. The van der Waals surface area contributed by atoms with Crippen molar-refractivity contribution in [3.8, 4) is 0 Å². The Morgan fingerprint density at radius 1 is 1.38 bits per heavy atom. The number of aromatic nitrogens is 2. The van der Waals surface area contributed by atoms with Gasteiger partial charge in [0.25, 0.3) is 0 Å². The van der Waals surface area contributed by atoms with Gasteiger partial charge in [-0.15, -0.1) is 12.6 Å². The van der Waals surface area contributed by atoms with Crippen LogP contribution in [0.4, 0.5) is 17.1 Å². The fourth-order valence-electron chi connectivity index (χ4n) is 2.19. The Balaban J connectivity index is 1.70. The van der Waals surface area contributed by atoms with E-state index in [1.807, 2.05) is 35.1 Å². The number of anilines is 3. The summed E-state index contributed by atoms with van der Waals surface area (Å²) in [5.41, 5.74) is 8.27. The van der Waals surface area contributed by atoms with Gasteiger partial charge in [0.05, 0.1) is 16.8 Å². The molecule has 1 aromatic carbocycles. The van der Waals surface area contributed by atoms with Gasteiger partial charge in [-0.05, 0) is 18.2 Å². The van der Waals surface area contributed by atoms with Crippen LogP contribution in [0.5, 0.6) is 0 Å². The van der Waals surface area contributed by atoms with E-state index in [1.54, 1.807) is 12.4 Å². The van der Waals surface area contributed by atoms with Crippen LogP contribution in [-0.2, 0) is 6.54 Å². The molecule has 0 spiro atoms. The minimum Gasteiger partial charge on any atom is -0.399 e. The van der Waals surface area contributed by atoms with Crippen molar-refractivity contribution in [3.63, 3.8) is 0 Å². The Morgan fingerprint density at radius 2 is 2.25 bits per heavy atom. The number of aryl methyl sites for hydroxylation is 1. The van der Waals surface area contributed by atoms with Gasteiger partial charge in [-0.1, -0.05) is 28.7 Å². The van der Waals surface area contributed by atoms with Gasteiger partial charge in [0.1, 0.15) is 5.84 Å². The lowest BCUT2D eigenvalue weighted by molar-refractivity contribution is 0.668. The lowest BCUT2D eigenvalue weighted by atomic mass is 10.3. The highest BCUT2D eigenvalue weighted by molar-refractivity contribution is 14.1. The van der Waals surface area contributed by atoms with Gasteiger partial charge in [-0.2, -0.15) is 5.10 Å². The largest absolute Gasteiger partial charge is 0.399 e. The van der Waals surface area contributed by atoms with E-state index in [4.69, 9.17) is 5.73 Å². The number of hydrogen-bond acceptors (Lipinski definition) is 7. The van der Waals surface area contributed by atoms with Crippen molar-refractivity contribution in [2.45, 2.75) is 12.8 Å². The maximum absolute atomic E-state index is 5.81. The summed E-state index contributed by atoms with van der Waals surface area (Å²) in [5.74, 6) is 0.667. The van der Waals surface area contributed by atoms with Crippen LogP contribution in [0, 0.1) is 0 Å². The van der Waals surface area contributed by atoms with Gasteiger partial charge in [0.15, 0.2) is 6.29 Å². The number of alkyl halides is 1. The van der Waals surface area contributed by atoms with Crippen molar-refractivity contribution in [2.24, 2.45) is 4.99 Å². The fraction of sp³-hybridized carbons (Fsp3) is 0.200. The van der Waals surface area contributed by atoms with Crippen molar-refractivity contribution >= 4 is 58.1 Å². The smallest absolute Gasteiger partial charge is 0.196 e. The summed E-state index contributed by atoms with van der Waals surface area (Å²) in [6.45, 7) is 0.881. The number of hydrogen-bond donors (Lipinski definition) is 5. The molecule has 1 aliphatic rings. The summed E-state index contributed by atoms with van der Waals surface area (Å²) in [7, 11) is 0. The maximum atomic E-state index is 5.81. The average Bonchev–Trinajstić information content (AvgIpc) is 2.98. The Kier molecular flexibility index (Phi) is 5.51. The van der Waals surface area contributed by atoms with E-state index < -0.39 is 0 Å². The van der Waals surface area contributed by atoms with Gasteiger partial charge < -0.3 is 21.7 Å². The predicted molar refractivity (Wildman–Crippen MR) is 111 cm³/mol. The van der Waals surface area contributed by atoms with Crippen molar-refractivity contribution in [1.29, 1.82) is 0 Å². The van der Waals surface area contributed by atoms with Crippen molar-refractivity contribution in [1.82, 2.24) is 15.1 Å². The van der Waals surface area contributed by atoms with E-state index in [-0.39, 0.29) is 6.29 Å². The molecule has 3 rings (SSSR count). The third-order valence-electron chi connectivity index (χ3n) is 3.28. The molecule has 24 heavy (non-hydrogen) atoms. The number of nitrogen functional groups attached to an aromatic ring is 1. The van der Waals surface area contributed by atoms with Crippen molar-refractivity contribution < 1.29 is 0 Å². The Hall–Kier alpha value is -1.88. The first kappa shape index (κ1) is 17.0. The lowest BCUT2D eigenvalue weighted by Gasteiger charge is -2.22. The fourth-order valence-corrected chi connectivity index (χ4v) is 2.87. The van der Waals surface area contributed by atoms with E-state index in [2.05, 4.69) is 61.3 Å². The normalized spacial score (nSPS) is 16.8. The second-order valence-electron chi connectivity index (χ2n) is 5.15. The van der Waals surface area contributed by atoms with Gasteiger partial charge in [0, 0.05) is 34.7 Å². The minimum atomic E-state index is -0.304. The SMILES string of the molecule is Nc1cccc(NC2=NC(Nc3cnn(CCI)c3)NC=C2S)c1. The van der Waals surface area contributed by atoms with Crippen LogP contribution in [-0.4, -0.2) is 26.3 Å². The summed E-state index contributed by atoms with van der Waals surface area (Å²) in [4.78, 5) is 5.32. The second-order valence-corrected chi connectivity index (χ2v) is 6.71. The first-order valence-corrected chi connectivity index (χ1v) is 9.32. The van der Waals surface area contributed by atoms with Gasteiger partial charge >= 0.3 is 0 Å². The first-order valence-electron chi connectivity index (χ1n) is 7.35. The molecule has 2 aromatic rings. The molecule has 0 saturated heterocycles. The molecule has 5 N–H and O–H groups in total. The maximum Gasteiger partial charge on any atom is 0.196 e. The molecule has 0 fully saturated rings. The minimum absolute atomic E-state index is 0.304. The number of amidine groups is 1. The Labute approximate surface area is 159 Å². The Bertz CT molecular complexity index is 771. The molecular weight excluding hydrogens is 437 g/mol. The summed E-state index contributed by atoms with van der Waals surface area (Å²) < 4.78 is 2.91. The molecule has 7 nitrogen and oxygen atoms in total.